The zero-order valence-corrected chi connectivity index (χ0v) is 8.12. The predicted octanol–water partition coefficient (Wildman–Crippen LogP) is 3.82. The highest BCUT2D eigenvalue weighted by Gasteiger charge is 2.24. The van der Waals surface area contributed by atoms with Crippen LogP contribution in [0.1, 0.15) is 53.9 Å². The van der Waals surface area contributed by atoms with E-state index in [9.17, 15) is 0 Å². The molecule has 0 aromatic rings. The summed E-state index contributed by atoms with van der Waals surface area (Å²) in [6.07, 6.45) is 3.81. The fraction of sp³-hybridized carbons (Fsp3) is 0.900. The minimum Gasteiger partial charge on any atom is -0.0647 e. The van der Waals surface area contributed by atoms with E-state index >= 15 is 0 Å². The molecular weight excluding hydrogens is 120 g/mol. The van der Waals surface area contributed by atoms with Crippen molar-refractivity contribution >= 4 is 0 Å². The molecule has 0 aliphatic heterocycles. The molecule has 0 N–H and O–H groups in total. The lowest BCUT2D eigenvalue weighted by atomic mass is 9.80. The van der Waals surface area contributed by atoms with Crippen LogP contribution in [0.5, 0.6) is 0 Å². The molecule has 60 valence electrons. The third-order valence-corrected chi connectivity index (χ3v) is 2.34. The van der Waals surface area contributed by atoms with Crippen molar-refractivity contribution < 1.29 is 0 Å². The topological polar surface area (TPSA) is 0 Å². The monoisotopic (exact) mass is 141 g/mol. The van der Waals surface area contributed by atoms with Gasteiger partial charge < -0.3 is 0 Å². The van der Waals surface area contributed by atoms with Crippen molar-refractivity contribution in [3.8, 4) is 0 Å². The molecule has 0 nitrogen and oxygen atoms in total. The second kappa shape index (κ2) is 3.90. The molecule has 0 heterocycles. The summed E-state index contributed by atoms with van der Waals surface area (Å²) < 4.78 is 0. The normalized spacial score (nSPS) is 11.7. The third-order valence-electron chi connectivity index (χ3n) is 2.34. The van der Waals surface area contributed by atoms with E-state index in [1.807, 2.05) is 0 Å². The van der Waals surface area contributed by atoms with Gasteiger partial charge in [-0.15, -0.1) is 0 Å². The number of hydrogen-bond acceptors (Lipinski definition) is 0. The smallest absolute Gasteiger partial charge is 0.0647 e. The predicted molar refractivity (Wildman–Crippen MR) is 47.9 cm³/mol. The molecule has 0 aromatic carbocycles. The van der Waals surface area contributed by atoms with E-state index in [4.69, 9.17) is 0 Å². The molecule has 0 atom stereocenters. The van der Waals surface area contributed by atoms with Gasteiger partial charge in [-0.05, 0) is 13.3 Å². The zero-order valence-electron chi connectivity index (χ0n) is 8.12. The second-order valence-corrected chi connectivity index (χ2v) is 4.01. The molecule has 0 radical (unpaired) electrons. The lowest BCUT2D eigenvalue weighted by molar-refractivity contribution is 0.326. The van der Waals surface area contributed by atoms with Crippen LogP contribution in [0.4, 0.5) is 0 Å². The van der Waals surface area contributed by atoms with Crippen molar-refractivity contribution in [1.29, 1.82) is 0 Å². The van der Waals surface area contributed by atoms with Gasteiger partial charge in [-0.2, -0.15) is 0 Å². The van der Waals surface area contributed by atoms with E-state index in [2.05, 4.69) is 34.6 Å². The van der Waals surface area contributed by atoms with Crippen molar-refractivity contribution in [2.24, 2.45) is 5.41 Å². The zero-order chi connectivity index (χ0) is 8.20. The molecule has 0 fully saturated rings. The van der Waals surface area contributed by atoms with Gasteiger partial charge in [-0.1, -0.05) is 20.8 Å². The Hall–Kier alpha value is -0.130. The molecular formula is C10H21+. The van der Waals surface area contributed by atoms with Crippen LogP contribution in [-0.4, -0.2) is 0 Å². The van der Waals surface area contributed by atoms with Crippen LogP contribution in [-0.2, 0) is 0 Å². The van der Waals surface area contributed by atoms with E-state index in [1.54, 1.807) is 5.92 Å². The summed E-state index contributed by atoms with van der Waals surface area (Å²) in [5.74, 6) is 1.63. The van der Waals surface area contributed by atoms with Crippen molar-refractivity contribution in [2.75, 3.05) is 0 Å². The van der Waals surface area contributed by atoms with E-state index in [-0.39, 0.29) is 0 Å². The molecule has 0 rings (SSSR count). The molecule has 10 heavy (non-hydrogen) atoms. The van der Waals surface area contributed by atoms with Gasteiger partial charge in [0.1, 0.15) is 0 Å². The fourth-order valence-electron chi connectivity index (χ4n) is 1.07. The van der Waals surface area contributed by atoms with Crippen molar-refractivity contribution in [3.63, 3.8) is 0 Å². The van der Waals surface area contributed by atoms with Gasteiger partial charge in [0.25, 0.3) is 0 Å². The lowest BCUT2D eigenvalue weighted by Crippen LogP contribution is -2.12. The van der Waals surface area contributed by atoms with E-state index in [0.29, 0.717) is 5.41 Å². The number of hydrogen-bond donors (Lipinski definition) is 0. The van der Waals surface area contributed by atoms with Crippen LogP contribution in [0.25, 0.3) is 0 Å². The van der Waals surface area contributed by atoms with Crippen LogP contribution in [0.15, 0.2) is 0 Å². The van der Waals surface area contributed by atoms with Crippen molar-refractivity contribution in [2.45, 2.75) is 53.9 Å². The maximum atomic E-state index is 2.34. The Morgan fingerprint density at radius 2 is 1.70 bits per heavy atom. The first-order chi connectivity index (χ1) is 4.52. The van der Waals surface area contributed by atoms with E-state index in [0.717, 1.165) is 0 Å². The first kappa shape index (κ1) is 9.87. The van der Waals surface area contributed by atoms with E-state index in [1.165, 1.54) is 19.3 Å². The first-order valence-corrected chi connectivity index (χ1v) is 4.33. The van der Waals surface area contributed by atoms with Gasteiger partial charge in [0, 0.05) is 5.41 Å². The van der Waals surface area contributed by atoms with Gasteiger partial charge in [0.15, 0.2) is 0 Å². The summed E-state index contributed by atoms with van der Waals surface area (Å²) in [6.45, 7) is 11.4. The molecule has 0 spiro atoms. The Labute approximate surface area is 66.0 Å². The molecule has 0 heteroatoms. The third kappa shape index (κ3) is 3.81. The van der Waals surface area contributed by atoms with Crippen LogP contribution in [0.2, 0.25) is 0 Å². The molecule has 0 saturated heterocycles. The SMILES string of the molecule is CC[C+](C)CC(C)(C)CC. The van der Waals surface area contributed by atoms with Crippen LogP contribution in [0.3, 0.4) is 0 Å². The largest absolute Gasteiger partial charge is 0.0947 e. The molecule has 0 amide bonds. The van der Waals surface area contributed by atoms with Gasteiger partial charge >= 0.3 is 0 Å². The van der Waals surface area contributed by atoms with Crippen molar-refractivity contribution in [1.82, 2.24) is 0 Å². The van der Waals surface area contributed by atoms with Gasteiger partial charge in [-0.25, -0.2) is 0 Å². The molecule has 0 aliphatic carbocycles. The minimum atomic E-state index is 0.528. The fourth-order valence-corrected chi connectivity index (χ4v) is 1.07. The minimum absolute atomic E-state index is 0.528. The summed E-state index contributed by atoms with van der Waals surface area (Å²) in [5.41, 5.74) is 0.528. The molecule has 0 bridgehead atoms. The van der Waals surface area contributed by atoms with Gasteiger partial charge in [-0.3, -0.25) is 0 Å². The Morgan fingerprint density at radius 3 is 2.00 bits per heavy atom. The summed E-state index contributed by atoms with van der Waals surface area (Å²) >= 11 is 0. The maximum Gasteiger partial charge on any atom is 0.0947 e. The van der Waals surface area contributed by atoms with Crippen LogP contribution in [0, 0.1) is 11.3 Å². The molecule has 0 aromatic heterocycles. The van der Waals surface area contributed by atoms with Crippen LogP contribution >= 0.6 is 0 Å². The standard InChI is InChI=1S/C10H21/c1-6-9(3)8-10(4,5)7-2/h6-8H2,1-5H3/q+1. The Balaban J connectivity index is 3.64. The summed E-state index contributed by atoms with van der Waals surface area (Å²) in [4.78, 5) is 0. The second-order valence-electron chi connectivity index (χ2n) is 4.01. The average molecular weight is 141 g/mol. The van der Waals surface area contributed by atoms with E-state index < -0.39 is 0 Å². The molecule has 0 saturated carbocycles. The quantitative estimate of drug-likeness (QED) is 0.522. The van der Waals surface area contributed by atoms with Gasteiger partial charge in [0.2, 0.25) is 0 Å². The average Bonchev–Trinajstić information content (AvgIpc) is 1.87. The highest BCUT2D eigenvalue weighted by atomic mass is 14.2. The Morgan fingerprint density at radius 1 is 1.20 bits per heavy atom. The Kier molecular flexibility index (Phi) is 3.85. The van der Waals surface area contributed by atoms with Gasteiger partial charge in [0.05, 0.1) is 25.7 Å². The summed E-state index contributed by atoms with van der Waals surface area (Å²) in [7, 11) is 0. The Bertz CT molecular complexity index is 82.0. The first-order valence-electron chi connectivity index (χ1n) is 4.33. The summed E-state index contributed by atoms with van der Waals surface area (Å²) in [5, 5.41) is 0. The highest BCUT2D eigenvalue weighted by molar-refractivity contribution is 4.88. The molecule has 0 unspecified atom stereocenters. The summed E-state index contributed by atoms with van der Waals surface area (Å²) in [6, 6.07) is 0. The highest BCUT2D eigenvalue weighted by Crippen LogP contribution is 2.30. The molecule has 0 aliphatic rings. The lowest BCUT2D eigenvalue weighted by Gasteiger charge is -2.19. The van der Waals surface area contributed by atoms with Crippen molar-refractivity contribution in [3.05, 3.63) is 5.92 Å². The number of rotatable bonds is 4. The van der Waals surface area contributed by atoms with Crippen LogP contribution < -0.4 is 0 Å². The maximum absolute atomic E-state index is 2.34.